The Morgan fingerprint density at radius 2 is 1.74 bits per heavy atom. The highest BCUT2D eigenvalue weighted by molar-refractivity contribution is 9.10. The second-order valence-corrected chi connectivity index (χ2v) is 9.11. The van der Waals surface area contributed by atoms with Gasteiger partial charge in [0.05, 0.1) is 24.1 Å². The van der Waals surface area contributed by atoms with E-state index in [1.54, 1.807) is 18.2 Å². The molecular formula is C25H17BrFNO5S. The summed E-state index contributed by atoms with van der Waals surface area (Å²) in [6.07, 6.45) is 1.58. The predicted octanol–water partition coefficient (Wildman–Crippen LogP) is 6.05. The van der Waals surface area contributed by atoms with Gasteiger partial charge in [-0.05, 0) is 77.5 Å². The second kappa shape index (κ2) is 10.2. The fraction of sp³-hybridized carbons (Fsp3) is 0.0800. The van der Waals surface area contributed by atoms with E-state index in [0.29, 0.717) is 5.56 Å². The van der Waals surface area contributed by atoms with E-state index in [0.717, 1.165) is 21.8 Å². The molecule has 0 aliphatic carbocycles. The van der Waals surface area contributed by atoms with Crippen LogP contribution in [0.15, 0.2) is 76.1 Å². The van der Waals surface area contributed by atoms with Gasteiger partial charge in [0, 0.05) is 4.47 Å². The van der Waals surface area contributed by atoms with Crippen LogP contribution in [-0.4, -0.2) is 29.1 Å². The summed E-state index contributed by atoms with van der Waals surface area (Å²) < 4.78 is 24.7. The molecule has 0 N–H and O–H groups in total. The van der Waals surface area contributed by atoms with E-state index in [4.69, 9.17) is 9.47 Å². The van der Waals surface area contributed by atoms with Crippen LogP contribution in [0.5, 0.6) is 11.5 Å². The highest BCUT2D eigenvalue weighted by Gasteiger charge is 2.35. The Kier molecular flexibility index (Phi) is 7.14. The van der Waals surface area contributed by atoms with Crippen LogP contribution < -0.4 is 9.47 Å². The maximum atomic E-state index is 13.1. The van der Waals surface area contributed by atoms with Gasteiger partial charge in [-0.2, -0.15) is 0 Å². The van der Waals surface area contributed by atoms with Crippen molar-refractivity contribution in [2.75, 3.05) is 7.11 Å². The molecular weight excluding hydrogens is 525 g/mol. The third-order valence-electron chi connectivity index (χ3n) is 4.90. The number of benzene rings is 3. The van der Waals surface area contributed by atoms with Crippen molar-refractivity contribution < 1.29 is 28.2 Å². The maximum absolute atomic E-state index is 13.1. The number of hydrogen-bond acceptors (Lipinski definition) is 6. The molecule has 1 fully saturated rings. The summed E-state index contributed by atoms with van der Waals surface area (Å²) in [4.78, 5) is 39.0. The molecule has 2 amide bonds. The fourth-order valence-corrected chi connectivity index (χ4v) is 4.27. The van der Waals surface area contributed by atoms with Gasteiger partial charge in [0.2, 0.25) is 0 Å². The van der Waals surface area contributed by atoms with Gasteiger partial charge < -0.3 is 9.47 Å². The lowest BCUT2D eigenvalue weighted by Gasteiger charge is -2.12. The first kappa shape index (κ1) is 23.7. The largest absolute Gasteiger partial charge is 0.493 e. The van der Waals surface area contributed by atoms with Crippen LogP contribution in [0.25, 0.3) is 6.08 Å². The van der Waals surface area contributed by atoms with Crippen LogP contribution in [0.4, 0.5) is 9.18 Å². The standard InChI is InChI=1S/C25H17BrFNO5S/c1-32-21-12-16(4-11-20(21)33-24(30)17-5-9-19(27)10-6-17)13-22-23(29)28(25(31)34-22)14-15-2-7-18(26)8-3-15/h2-13H,14H2,1H3/b22-13-. The Balaban J connectivity index is 1.50. The molecule has 3 aromatic rings. The van der Waals surface area contributed by atoms with Crippen LogP contribution in [0, 0.1) is 5.82 Å². The van der Waals surface area contributed by atoms with Crippen LogP contribution in [0.1, 0.15) is 21.5 Å². The number of hydrogen-bond donors (Lipinski definition) is 0. The van der Waals surface area contributed by atoms with Crippen molar-refractivity contribution in [3.05, 3.63) is 98.6 Å². The number of ether oxygens (including phenoxy) is 2. The van der Waals surface area contributed by atoms with Crippen molar-refractivity contribution in [1.82, 2.24) is 4.90 Å². The summed E-state index contributed by atoms with van der Waals surface area (Å²) in [5.74, 6) is -1.08. The maximum Gasteiger partial charge on any atom is 0.343 e. The molecule has 0 radical (unpaired) electrons. The van der Waals surface area contributed by atoms with Gasteiger partial charge >= 0.3 is 5.97 Å². The lowest BCUT2D eigenvalue weighted by Crippen LogP contribution is -2.27. The van der Waals surface area contributed by atoms with Gasteiger partial charge in [0.25, 0.3) is 11.1 Å². The third-order valence-corrected chi connectivity index (χ3v) is 6.33. The average molecular weight is 542 g/mol. The Bertz CT molecular complexity index is 1290. The number of amides is 2. The van der Waals surface area contributed by atoms with Crippen molar-refractivity contribution >= 4 is 50.9 Å². The van der Waals surface area contributed by atoms with E-state index in [2.05, 4.69) is 15.9 Å². The minimum Gasteiger partial charge on any atom is -0.493 e. The van der Waals surface area contributed by atoms with Gasteiger partial charge in [-0.3, -0.25) is 14.5 Å². The summed E-state index contributed by atoms with van der Waals surface area (Å²) in [6, 6.07) is 17.1. The van der Waals surface area contributed by atoms with Crippen LogP contribution in [-0.2, 0) is 11.3 Å². The van der Waals surface area contributed by atoms with Gasteiger partial charge in [-0.1, -0.05) is 34.1 Å². The highest BCUT2D eigenvalue weighted by Crippen LogP contribution is 2.35. The summed E-state index contributed by atoms with van der Waals surface area (Å²) in [7, 11) is 1.42. The quantitative estimate of drug-likeness (QED) is 0.215. The van der Waals surface area contributed by atoms with E-state index < -0.39 is 11.8 Å². The number of imide groups is 1. The van der Waals surface area contributed by atoms with E-state index in [1.807, 2.05) is 24.3 Å². The van der Waals surface area contributed by atoms with Gasteiger partial charge in [0.1, 0.15) is 5.82 Å². The number of nitrogens with zero attached hydrogens (tertiary/aromatic N) is 1. The molecule has 1 aliphatic heterocycles. The SMILES string of the molecule is COc1cc(/C=C2\SC(=O)N(Cc3ccc(Br)cc3)C2=O)ccc1OC(=O)c1ccc(F)cc1. The Labute approximate surface area is 207 Å². The zero-order valence-electron chi connectivity index (χ0n) is 17.8. The van der Waals surface area contributed by atoms with Crippen molar-refractivity contribution in [2.24, 2.45) is 0 Å². The van der Waals surface area contributed by atoms with Crippen molar-refractivity contribution in [1.29, 1.82) is 0 Å². The number of esters is 1. The van der Waals surface area contributed by atoms with Gasteiger partial charge in [-0.25, -0.2) is 9.18 Å². The summed E-state index contributed by atoms with van der Waals surface area (Å²) in [5, 5.41) is -0.351. The first-order valence-electron chi connectivity index (χ1n) is 9.99. The molecule has 1 heterocycles. The third kappa shape index (κ3) is 5.37. The first-order valence-corrected chi connectivity index (χ1v) is 11.6. The molecule has 9 heteroatoms. The topological polar surface area (TPSA) is 72.9 Å². The average Bonchev–Trinajstić information content (AvgIpc) is 3.09. The van der Waals surface area contributed by atoms with Crippen molar-refractivity contribution in [3.63, 3.8) is 0 Å². The summed E-state index contributed by atoms with van der Waals surface area (Å²) >= 11 is 4.22. The Hall–Kier alpha value is -3.43. The summed E-state index contributed by atoms with van der Waals surface area (Å²) in [5.41, 5.74) is 1.61. The zero-order valence-corrected chi connectivity index (χ0v) is 20.2. The van der Waals surface area contributed by atoms with Crippen molar-refractivity contribution in [3.8, 4) is 11.5 Å². The van der Waals surface area contributed by atoms with E-state index in [-0.39, 0.29) is 39.7 Å². The van der Waals surface area contributed by atoms with Crippen LogP contribution in [0.3, 0.4) is 0 Å². The number of methoxy groups -OCH3 is 1. The fourth-order valence-electron chi connectivity index (χ4n) is 3.16. The molecule has 1 saturated heterocycles. The number of rotatable bonds is 6. The lowest BCUT2D eigenvalue weighted by molar-refractivity contribution is -0.123. The molecule has 0 aromatic heterocycles. The monoisotopic (exact) mass is 541 g/mol. The normalized spacial score (nSPS) is 14.6. The van der Waals surface area contributed by atoms with E-state index in [1.165, 1.54) is 42.3 Å². The zero-order chi connectivity index (χ0) is 24.2. The number of carbonyl (C=O) groups is 3. The molecule has 0 bridgehead atoms. The smallest absolute Gasteiger partial charge is 0.343 e. The molecule has 0 saturated carbocycles. The summed E-state index contributed by atoms with van der Waals surface area (Å²) in [6.45, 7) is 0.177. The first-order chi connectivity index (χ1) is 16.3. The number of thioether (sulfide) groups is 1. The minimum absolute atomic E-state index is 0.164. The molecule has 3 aromatic carbocycles. The number of carbonyl (C=O) groups excluding carboxylic acids is 3. The molecule has 4 rings (SSSR count). The van der Waals surface area contributed by atoms with E-state index in [9.17, 15) is 18.8 Å². The predicted molar refractivity (Wildman–Crippen MR) is 130 cm³/mol. The molecule has 6 nitrogen and oxygen atoms in total. The lowest BCUT2D eigenvalue weighted by atomic mass is 10.1. The molecule has 172 valence electrons. The minimum atomic E-state index is -0.667. The van der Waals surface area contributed by atoms with Crippen LogP contribution in [0.2, 0.25) is 0 Å². The number of halogens is 2. The molecule has 34 heavy (non-hydrogen) atoms. The Morgan fingerprint density at radius 1 is 1.03 bits per heavy atom. The highest BCUT2D eigenvalue weighted by atomic mass is 79.9. The van der Waals surface area contributed by atoms with Gasteiger partial charge in [-0.15, -0.1) is 0 Å². The molecule has 0 atom stereocenters. The molecule has 1 aliphatic rings. The Morgan fingerprint density at radius 3 is 2.41 bits per heavy atom. The second-order valence-electron chi connectivity index (χ2n) is 7.20. The van der Waals surface area contributed by atoms with E-state index >= 15 is 0 Å². The molecule has 0 unspecified atom stereocenters. The van der Waals surface area contributed by atoms with Gasteiger partial charge in [0.15, 0.2) is 11.5 Å². The molecule has 0 spiro atoms. The van der Waals surface area contributed by atoms with Crippen LogP contribution >= 0.6 is 27.7 Å². The van der Waals surface area contributed by atoms with Crippen molar-refractivity contribution in [2.45, 2.75) is 6.54 Å².